The summed E-state index contributed by atoms with van der Waals surface area (Å²) in [5.41, 5.74) is 0.458. The molecular weight excluding hydrogens is 419 g/mol. The third-order valence-corrected chi connectivity index (χ3v) is 5.58. The van der Waals surface area contributed by atoms with Crippen molar-refractivity contribution >= 4 is 10.9 Å². The van der Waals surface area contributed by atoms with E-state index in [0.717, 1.165) is 13.1 Å². The second-order valence-electron chi connectivity index (χ2n) is 7.63. The summed E-state index contributed by atoms with van der Waals surface area (Å²) in [4.78, 5) is 28.3. The molecule has 0 aliphatic carbocycles. The molecule has 9 nitrogen and oxygen atoms in total. The number of benzene rings is 1. The maximum absolute atomic E-state index is 13.3. The molecule has 2 aromatic heterocycles. The van der Waals surface area contributed by atoms with E-state index in [2.05, 4.69) is 10.00 Å². The van der Waals surface area contributed by atoms with Gasteiger partial charge in [-0.05, 0) is 24.3 Å². The van der Waals surface area contributed by atoms with Gasteiger partial charge in [0.15, 0.2) is 0 Å². The van der Waals surface area contributed by atoms with Crippen LogP contribution in [0.1, 0.15) is 5.69 Å². The van der Waals surface area contributed by atoms with Crippen LogP contribution in [0.3, 0.4) is 0 Å². The molecule has 0 atom stereocenters. The smallest absolute Gasteiger partial charge is 0.276 e. The fourth-order valence-corrected chi connectivity index (χ4v) is 3.84. The number of morpholine rings is 1. The lowest BCUT2D eigenvalue weighted by molar-refractivity contribution is 0.0359. The Morgan fingerprint density at radius 3 is 2.56 bits per heavy atom. The molecular formula is C22H27FN4O5. The maximum Gasteiger partial charge on any atom is 0.276 e. The zero-order chi connectivity index (χ0) is 22.5. The van der Waals surface area contributed by atoms with Crippen LogP contribution >= 0.6 is 0 Å². The topological polar surface area (TPSA) is 90.7 Å². The summed E-state index contributed by atoms with van der Waals surface area (Å²) in [7, 11) is 1.55. The van der Waals surface area contributed by atoms with E-state index < -0.39 is 0 Å². The van der Waals surface area contributed by atoms with Crippen LogP contribution in [0.25, 0.3) is 10.9 Å². The van der Waals surface area contributed by atoms with Gasteiger partial charge in [-0.3, -0.25) is 24.3 Å². The van der Waals surface area contributed by atoms with Crippen LogP contribution in [0.4, 0.5) is 4.39 Å². The Labute approximate surface area is 183 Å². The van der Waals surface area contributed by atoms with Crippen molar-refractivity contribution in [1.82, 2.24) is 19.2 Å². The molecule has 0 spiro atoms. The molecule has 0 saturated carbocycles. The number of aromatic amines is 1. The lowest BCUT2D eigenvalue weighted by Crippen LogP contribution is -2.39. The highest BCUT2D eigenvalue weighted by molar-refractivity contribution is 5.80. The van der Waals surface area contributed by atoms with E-state index >= 15 is 0 Å². The van der Waals surface area contributed by atoms with Gasteiger partial charge in [0.2, 0.25) is 0 Å². The average molecular weight is 446 g/mol. The molecule has 1 aliphatic heterocycles. The maximum atomic E-state index is 13.3. The molecule has 10 heteroatoms. The van der Waals surface area contributed by atoms with E-state index in [9.17, 15) is 14.0 Å². The molecule has 0 bridgehead atoms. The van der Waals surface area contributed by atoms with Gasteiger partial charge in [-0.1, -0.05) is 0 Å². The highest BCUT2D eigenvalue weighted by Gasteiger charge is 2.19. The minimum atomic E-state index is -0.370. The molecule has 32 heavy (non-hydrogen) atoms. The highest BCUT2D eigenvalue weighted by atomic mass is 19.1. The summed E-state index contributed by atoms with van der Waals surface area (Å²) < 4.78 is 32.5. The zero-order valence-corrected chi connectivity index (χ0v) is 18.0. The number of H-pyrrole nitrogens is 1. The number of nitrogens with zero attached hydrogens (tertiary/aromatic N) is 3. The average Bonchev–Trinajstić information content (AvgIpc) is 3.11. The largest absolute Gasteiger partial charge is 0.487 e. The molecule has 0 unspecified atom stereocenters. The zero-order valence-electron chi connectivity index (χ0n) is 18.0. The molecule has 172 valence electrons. The van der Waals surface area contributed by atoms with Gasteiger partial charge in [0, 0.05) is 39.4 Å². The van der Waals surface area contributed by atoms with E-state index in [4.69, 9.17) is 14.2 Å². The fraction of sp³-hybridized carbons (Fsp3) is 0.455. The molecule has 0 radical (unpaired) electrons. The molecule has 1 saturated heterocycles. The van der Waals surface area contributed by atoms with E-state index in [-0.39, 0.29) is 30.1 Å². The molecule has 3 heterocycles. The van der Waals surface area contributed by atoms with Crippen molar-refractivity contribution in [3.63, 3.8) is 0 Å². The highest BCUT2D eigenvalue weighted by Crippen LogP contribution is 2.17. The quantitative estimate of drug-likeness (QED) is 0.531. The summed E-state index contributed by atoms with van der Waals surface area (Å²) in [6, 6.07) is 7.03. The number of nitrogens with one attached hydrogen (secondary N) is 1. The van der Waals surface area contributed by atoms with E-state index in [1.807, 2.05) is 0 Å². The second kappa shape index (κ2) is 10.1. The Hall–Kier alpha value is -2.95. The lowest BCUT2D eigenvalue weighted by atomic mass is 10.2. The van der Waals surface area contributed by atoms with Gasteiger partial charge in [-0.2, -0.15) is 0 Å². The predicted molar refractivity (Wildman–Crippen MR) is 117 cm³/mol. The van der Waals surface area contributed by atoms with Crippen molar-refractivity contribution in [3.05, 3.63) is 62.6 Å². The van der Waals surface area contributed by atoms with Crippen molar-refractivity contribution in [2.75, 3.05) is 46.6 Å². The first-order valence-electron chi connectivity index (χ1n) is 10.6. The van der Waals surface area contributed by atoms with Crippen LogP contribution in [-0.4, -0.2) is 65.8 Å². The third kappa shape index (κ3) is 4.93. The Morgan fingerprint density at radius 2 is 1.84 bits per heavy atom. The van der Waals surface area contributed by atoms with Gasteiger partial charge < -0.3 is 18.8 Å². The lowest BCUT2D eigenvalue weighted by Gasteiger charge is -2.26. The van der Waals surface area contributed by atoms with Crippen LogP contribution in [-0.2, 0) is 29.2 Å². The van der Waals surface area contributed by atoms with Crippen molar-refractivity contribution in [3.8, 4) is 5.75 Å². The Kier molecular flexibility index (Phi) is 7.03. The Bertz CT molecular complexity index is 1160. The van der Waals surface area contributed by atoms with E-state index in [1.165, 1.54) is 39.6 Å². The van der Waals surface area contributed by atoms with Gasteiger partial charge in [0.25, 0.3) is 11.1 Å². The minimum Gasteiger partial charge on any atom is -0.487 e. The molecule has 1 aliphatic rings. The van der Waals surface area contributed by atoms with Crippen molar-refractivity contribution in [2.24, 2.45) is 0 Å². The first-order chi connectivity index (χ1) is 15.6. The summed E-state index contributed by atoms with van der Waals surface area (Å²) in [5.74, 6) is 0.0718. The van der Waals surface area contributed by atoms with Gasteiger partial charge in [0.1, 0.15) is 18.2 Å². The normalized spacial score (nSPS) is 14.8. The van der Waals surface area contributed by atoms with Crippen LogP contribution in [0.5, 0.6) is 5.75 Å². The van der Waals surface area contributed by atoms with Crippen molar-refractivity contribution in [1.29, 1.82) is 0 Å². The van der Waals surface area contributed by atoms with E-state index in [1.54, 1.807) is 7.11 Å². The Morgan fingerprint density at radius 1 is 1.09 bits per heavy atom. The van der Waals surface area contributed by atoms with Gasteiger partial charge in [-0.25, -0.2) is 4.39 Å². The number of rotatable bonds is 9. The second-order valence-corrected chi connectivity index (χ2v) is 7.63. The van der Waals surface area contributed by atoms with Gasteiger partial charge in [-0.15, -0.1) is 0 Å². The van der Waals surface area contributed by atoms with Gasteiger partial charge in [0.05, 0.1) is 43.0 Å². The molecule has 1 aromatic carbocycles. The number of hydrogen-bond acceptors (Lipinski definition) is 6. The van der Waals surface area contributed by atoms with Crippen LogP contribution in [0.2, 0.25) is 0 Å². The number of halogens is 1. The molecule has 1 N–H and O–H groups in total. The van der Waals surface area contributed by atoms with Crippen LogP contribution in [0.15, 0.2) is 39.9 Å². The van der Waals surface area contributed by atoms with Gasteiger partial charge >= 0.3 is 0 Å². The fourth-order valence-electron chi connectivity index (χ4n) is 3.84. The predicted octanol–water partition coefficient (Wildman–Crippen LogP) is 1.19. The number of hydrogen-bond donors (Lipinski definition) is 1. The van der Waals surface area contributed by atoms with Crippen molar-refractivity contribution < 1.29 is 18.6 Å². The summed E-state index contributed by atoms with van der Waals surface area (Å²) >= 11 is 0. The molecule has 0 amide bonds. The number of aromatic nitrogens is 3. The summed E-state index contributed by atoms with van der Waals surface area (Å²) in [5, 5.41) is 3.48. The molecule has 4 rings (SSSR count). The SMILES string of the molecule is COCCn1c(COc2ccc(F)cc2)c2c(=O)n(CCN3CCOCC3)[nH]c2cc1=O. The monoisotopic (exact) mass is 446 g/mol. The standard InChI is InChI=1S/C22H27FN4O5/c1-30-11-10-26-19(15-32-17-4-2-16(23)3-5-17)21-18(14-20(26)28)24-27(22(21)29)7-6-25-8-12-31-13-9-25/h2-5,14,24H,6-13,15H2,1H3. The number of pyridine rings is 1. The van der Waals surface area contributed by atoms with E-state index in [0.29, 0.717) is 55.3 Å². The minimum absolute atomic E-state index is 0.0154. The van der Waals surface area contributed by atoms with Crippen molar-refractivity contribution in [2.45, 2.75) is 19.7 Å². The third-order valence-electron chi connectivity index (χ3n) is 5.58. The van der Waals surface area contributed by atoms with Crippen LogP contribution < -0.4 is 15.9 Å². The molecule has 1 fully saturated rings. The Balaban J connectivity index is 1.66. The first kappa shape index (κ1) is 22.3. The number of methoxy groups -OCH3 is 1. The molecule has 3 aromatic rings. The van der Waals surface area contributed by atoms with Crippen LogP contribution in [0, 0.1) is 5.82 Å². The summed E-state index contributed by atoms with van der Waals surface area (Å²) in [6.07, 6.45) is 0. The number of fused-ring (bicyclic) bond motifs is 1. The summed E-state index contributed by atoms with van der Waals surface area (Å²) in [6.45, 7) is 4.77. The number of ether oxygens (including phenoxy) is 3. The first-order valence-corrected chi connectivity index (χ1v) is 10.6.